The van der Waals surface area contributed by atoms with E-state index in [1.165, 1.54) is 23.1 Å². The molecule has 3 aromatic rings. The van der Waals surface area contributed by atoms with E-state index in [0.29, 0.717) is 17.1 Å². The van der Waals surface area contributed by atoms with Crippen molar-refractivity contribution < 1.29 is 42.7 Å². The van der Waals surface area contributed by atoms with Gasteiger partial charge in [-0.2, -0.15) is 4.80 Å². The second-order valence-electron chi connectivity index (χ2n) is 6.97. The molecule has 4 rings (SSSR count). The van der Waals surface area contributed by atoms with Gasteiger partial charge in [-0.3, -0.25) is 9.88 Å². The second-order valence-corrected chi connectivity index (χ2v) is 7.99. The Hall–Kier alpha value is -3.36. The minimum atomic E-state index is -4.64. The SMILES string of the molecule is Cn1nnc(-c2ccc(-c3ccc(N4C[C@H](C(O)CF)OC4=O)cc3F)cn2)n1.O=P(O)(O)O. The summed E-state index contributed by atoms with van der Waals surface area (Å²) >= 11 is 0. The van der Waals surface area contributed by atoms with E-state index in [1.807, 2.05) is 0 Å². The van der Waals surface area contributed by atoms with Crippen LogP contribution in [0.4, 0.5) is 19.3 Å². The van der Waals surface area contributed by atoms with Gasteiger partial charge in [-0.05, 0) is 29.5 Å². The van der Waals surface area contributed by atoms with Crippen LogP contribution in [0.25, 0.3) is 22.6 Å². The van der Waals surface area contributed by atoms with E-state index in [4.69, 9.17) is 24.0 Å². The maximum atomic E-state index is 14.7. The molecule has 182 valence electrons. The van der Waals surface area contributed by atoms with Crippen LogP contribution in [0.2, 0.25) is 0 Å². The van der Waals surface area contributed by atoms with Crippen LogP contribution in [0.1, 0.15) is 0 Å². The topological polar surface area (TPSA) is 184 Å². The largest absolute Gasteiger partial charge is 0.466 e. The number of benzene rings is 1. The van der Waals surface area contributed by atoms with Crippen molar-refractivity contribution in [1.82, 2.24) is 25.2 Å². The minimum absolute atomic E-state index is 0.0654. The predicted octanol–water partition coefficient (Wildman–Crippen LogP) is 0.805. The van der Waals surface area contributed by atoms with Gasteiger partial charge in [-0.25, -0.2) is 18.1 Å². The van der Waals surface area contributed by atoms with Crippen molar-refractivity contribution in [2.75, 3.05) is 18.1 Å². The number of anilines is 1. The highest BCUT2D eigenvalue weighted by Crippen LogP contribution is 2.30. The van der Waals surface area contributed by atoms with Gasteiger partial charge in [0.2, 0.25) is 5.82 Å². The fraction of sp³-hybridized carbons (Fsp3) is 0.278. The molecule has 0 radical (unpaired) electrons. The number of carbonyl (C=O) groups is 1. The van der Waals surface area contributed by atoms with Crippen molar-refractivity contribution in [1.29, 1.82) is 0 Å². The molecule has 1 aliphatic heterocycles. The molecule has 0 spiro atoms. The molecule has 1 amide bonds. The van der Waals surface area contributed by atoms with Crippen LogP contribution in [0.15, 0.2) is 36.5 Å². The first-order valence-electron chi connectivity index (χ1n) is 9.47. The minimum Gasteiger partial charge on any atom is -0.441 e. The number of carbonyl (C=O) groups excluding carboxylic acids is 1. The van der Waals surface area contributed by atoms with Crippen molar-refractivity contribution in [3.63, 3.8) is 0 Å². The molecular formula is C18H19F2N6O7P. The van der Waals surface area contributed by atoms with Crippen molar-refractivity contribution in [2.24, 2.45) is 7.05 Å². The number of halogens is 2. The molecule has 2 aromatic heterocycles. The molecule has 0 saturated carbocycles. The van der Waals surface area contributed by atoms with Crippen LogP contribution in [0.5, 0.6) is 0 Å². The molecule has 0 bridgehead atoms. The number of pyridine rings is 1. The fourth-order valence-corrected chi connectivity index (χ4v) is 2.97. The molecular weight excluding hydrogens is 481 g/mol. The molecule has 13 nitrogen and oxygen atoms in total. The molecule has 1 aliphatic rings. The summed E-state index contributed by atoms with van der Waals surface area (Å²) < 4.78 is 41.1. The van der Waals surface area contributed by atoms with E-state index in [9.17, 15) is 18.7 Å². The maximum Gasteiger partial charge on any atom is 0.466 e. The lowest BCUT2D eigenvalue weighted by Crippen LogP contribution is -2.32. The summed E-state index contributed by atoms with van der Waals surface area (Å²) in [7, 11) is -3.00. The zero-order valence-electron chi connectivity index (χ0n) is 17.4. The summed E-state index contributed by atoms with van der Waals surface area (Å²) in [4.78, 5) is 40.2. The van der Waals surface area contributed by atoms with E-state index in [2.05, 4.69) is 20.4 Å². The number of aliphatic hydroxyl groups excluding tert-OH is 1. The number of hydrogen-bond acceptors (Lipinski definition) is 8. The number of phosphoric acid groups is 1. The maximum absolute atomic E-state index is 14.7. The van der Waals surface area contributed by atoms with Crippen molar-refractivity contribution in [3.8, 4) is 22.6 Å². The summed E-state index contributed by atoms with van der Waals surface area (Å²) in [6, 6.07) is 7.56. The van der Waals surface area contributed by atoms with Crippen LogP contribution >= 0.6 is 7.82 Å². The summed E-state index contributed by atoms with van der Waals surface area (Å²) in [6.07, 6.45) is -1.69. The zero-order valence-corrected chi connectivity index (χ0v) is 18.3. The number of hydrogen-bond donors (Lipinski definition) is 4. The van der Waals surface area contributed by atoms with Gasteiger partial charge in [0.25, 0.3) is 0 Å². The lowest BCUT2D eigenvalue weighted by Gasteiger charge is -2.15. The molecule has 1 unspecified atom stereocenters. The third kappa shape index (κ3) is 6.36. The summed E-state index contributed by atoms with van der Waals surface area (Å²) in [6.45, 7) is -1.10. The predicted molar refractivity (Wildman–Crippen MR) is 111 cm³/mol. The second kappa shape index (κ2) is 10.3. The molecule has 2 atom stereocenters. The van der Waals surface area contributed by atoms with Gasteiger partial charge in [-0.1, -0.05) is 6.07 Å². The number of rotatable bonds is 5. The first-order valence-corrected chi connectivity index (χ1v) is 11.0. The molecule has 3 heterocycles. The van der Waals surface area contributed by atoms with Crippen LogP contribution < -0.4 is 4.90 Å². The number of ether oxygens (including phenoxy) is 1. The molecule has 4 N–H and O–H groups in total. The molecule has 1 saturated heterocycles. The van der Waals surface area contributed by atoms with Crippen LogP contribution in [0.3, 0.4) is 0 Å². The first kappa shape index (κ1) is 25.3. The fourth-order valence-electron chi connectivity index (χ4n) is 2.97. The highest BCUT2D eigenvalue weighted by atomic mass is 31.2. The van der Waals surface area contributed by atoms with E-state index in [1.54, 1.807) is 25.2 Å². The highest BCUT2D eigenvalue weighted by Gasteiger charge is 2.37. The lowest BCUT2D eigenvalue weighted by atomic mass is 10.1. The zero-order chi connectivity index (χ0) is 25.0. The standard InChI is InChI=1S/C18H16F2N6O3.H3O4P/c1-25-23-17(22-24-25)14-5-2-10(8-21-14)12-4-3-11(6-13(12)20)26-9-16(15(27)7-19)29-18(26)28;1-5(2,3)4/h2-6,8,15-16,27H,7,9H2,1H3;(H3,1,2,3,4)/t15?,16-;/m1./s1. The van der Waals surface area contributed by atoms with Gasteiger partial charge in [0.15, 0.2) is 6.10 Å². The average molecular weight is 500 g/mol. The van der Waals surface area contributed by atoms with Crippen LogP contribution in [-0.4, -0.2) is 76.5 Å². The third-order valence-corrected chi connectivity index (χ3v) is 4.50. The summed E-state index contributed by atoms with van der Waals surface area (Å²) in [5.41, 5.74) is 1.55. The van der Waals surface area contributed by atoms with Crippen molar-refractivity contribution in [2.45, 2.75) is 12.2 Å². The van der Waals surface area contributed by atoms with Gasteiger partial charge in [0.05, 0.1) is 19.3 Å². The normalized spacial score (nSPS) is 16.6. The Balaban J connectivity index is 0.000000588. The lowest BCUT2D eigenvalue weighted by molar-refractivity contribution is 0.0188. The molecule has 34 heavy (non-hydrogen) atoms. The quantitative estimate of drug-likeness (QED) is 0.364. The van der Waals surface area contributed by atoms with E-state index in [-0.39, 0.29) is 17.8 Å². The number of amides is 1. The monoisotopic (exact) mass is 500 g/mol. The number of cyclic esters (lactones) is 1. The van der Waals surface area contributed by atoms with E-state index in [0.717, 1.165) is 4.90 Å². The number of tetrazole rings is 1. The van der Waals surface area contributed by atoms with Gasteiger partial charge in [0, 0.05) is 17.3 Å². The summed E-state index contributed by atoms with van der Waals surface area (Å²) in [5, 5.41) is 21.2. The number of aliphatic hydroxyl groups is 1. The Morgan fingerprint density at radius 3 is 2.50 bits per heavy atom. The van der Waals surface area contributed by atoms with Gasteiger partial charge in [0.1, 0.15) is 24.3 Å². The molecule has 16 heteroatoms. The van der Waals surface area contributed by atoms with Crippen LogP contribution in [-0.2, 0) is 16.3 Å². The van der Waals surface area contributed by atoms with Gasteiger partial charge < -0.3 is 24.5 Å². The van der Waals surface area contributed by atoms with Crippen LogP contribution in [0, 0.1) is 5.82 Å². The Kier molecular flexibility index (Phi) is 7.64. The third-order valence-electron chi connectivity index (χ3n) is 4.50. The Morgan fingerprint density at radius 1 is 1.26 bits per heavy atom. The number of nitrogens with zero attached hydrogens (tertiary/aromatic N) is 6. The smallest absolute Gasteiger partial charge is 0.441 e. The molecule has 0 aliphatic carbocycles. The first-order chi connectivity index (χ1) is 16.0. The van der Waals surface area contributed by atoms with Gasteiger partial charge >= 0.3 is 13.9 Å². The Labute approximate surface area is 190 Å². The van der Waals surface area contributed by atoms with E-state index >= 15 is 0 Å². The van der Waals surface area contributed by atoms with Crippen molar-refractivity contribution in [3.05, 3.63) is 42.3 Å². The highest BCUT2D eigenvalue weighted by molar-refractivity contribution is 7.45. The summed E-state index contributed by atoms with van der Waals surface area (Å²) in [5.74, 6) is -0.218. The Morgan fingerprint density at radius 2 is 1.97 bits per heavy atom. The number of alkyl halides is 1. The Bertz CT molecular complexity index is 1200. The number of aryl methyl sites for hydroxylation is 1. The average Bonchev–Trinajstić information content (AvgIpc) is 3.38. The number of aromatic nitrogens is 5. The molecule has 1 fully saturated rings. The van der Waals surface area contributed by atoms with E-state index < -0.39 is 38.6 Å². The van der Waals surface area contributed by atoms with Crippen molar-refractivity contribution >= 4 is 19.6 Å². The molecule has 1 aromatic carbocycles. The van der Waals surface area contributed by atoms with Gasteiger partial charge in [-0.15, -0.1) is 10.2 Å².